The molecule has 0 amide bonds. The molecule has 0 spiro atoms. The van der Waals surface area contributed by atoms with Crippen LogP contribution in [0.25, 0.3) is 5.57 Å². The van der Waals surface area contributed by atoms with Crippen LogP contribution in [0.15, 0.2) is 22.8 Å². The number of anilines is 1. The Morgan fingerprint density at radius 1 is 1.61 bits per heavy atom. The monoisotopic (exact) mass is 390 g/mol. The smallest absolute Gasteiger partial charge is 0.331 e. The highest BCUT2D eigenvalue weighted by molar-refractivity contribution is 9.10. The van der Waals surface area contributed by atoms with E-state index in [1.54, 1.807) is 6.92 Å². The van der Waals surface area contributed by atoms with Crippen molar-refractivity contribution >= 4 is 33.3 Å². The fraction of sp³-hybridized carbons (Fsp3) is 0.467. The zero-order valence-corrected chi connectivity index (χ0v) is 14.0. The summed E-state index contributed by atoms with van der Waals surface area (Å²) < 4.78 is 32.0. The number of hydrogen-bond donors (Lipinski definition) is 2. The number of esters is 1. The van der Waals surface area contributed by atoms with E-state index in [1.807, 2.05) is 0 Å². The zero-order valence-electron chi connectivity index (χ0n) is 12.4. The van der Waals surface area contributed by atoms with Gasteiger partial charge in [0, 0.05) is 33.9 Å². The maximum atomic E-state index is 13.4. The number of halogens is 3. The summed E-state index contributed by atoms with van der Waals surface area (Å²) in [6.45, 7) is 1.71. The number of hydrogen-bond acceptors (Lipinski definition) is 5. The SMILES string of the molecule is CCOC(=O)C=C(c1cc(Br)cnc1NC1CC(O)C1)C(F)F. The van der Waals surface area contributed by atoms with Gasteiger partial charge in [0.2, 0.25) is 0 Å². The lowest BCUT2D eigenvalue weighted by molar-refractivity contribution is -0.137. The molecule has 2 N–H and O–H groups in total. The Morgan fingerprint density at radius 3 is 2.87 bits per heavy atom. The van der Waals surface area contributed by atoms with Gasteiger partial charge >= 0.3 is 5.97 Å². The summed E-state index contributed by atoms with van der Waals surface area (Å²) >= 11 is 3.20. The van der Waals surface area contributed by atoms with E-state index in [1.165, 1.54) is 12.3 Å². The summed E-state index contributed by atoms with van der Waals surface area (Å²) in [6.07, 6.45) is 0.0948. The molecule has 0 aromatic carbocycles. The molecule has 1 aliphatic carbocycles. The number of carbonyl (C=O) groups excluding carboxylic acids is 1. The predicted molar refractivity (Wildman–Crippen MR) is 85.2 cm³/mol. The Balaban J connectivity index is 2.33. The van der Waals surface area contributed by atoms with E-state index in [-0.39, 0.29) is 30.1 Å². The van der Waals surface area contributed by atoms with E-state index >= 15 is 0 Å². The first kappa shape index (κ1) is 17.8. The number of allylic oxidation sites excluding steroid dienone is 1. The van der Waals surface area contributed by atoms with Gasteiger partial charge in [-0.25, -0.2) is 18.6 Å². The van der Waals surface area contributed by atoms with Gasteiger partial charge in [0.15, 0.2) is 0 Å². The minimum atomic E-state index is -2.86. The fourth-order valence-electron chi connectivity index (χ4n) is 2.24. The van der Waals surface area contributed by atoms with Crippen molar-refractivity contribution in [3.8, 4) is 0 Å². The topological polar surface area (TPSA) is 71.5 Å². The van der Waals surface area contributed by atoms with Crippen LogP contribution in [0.4, 0.5) is 14.6 Å². The Kier molecular flexibility index (Phi) is 6.06. The van der Waals surface area contributed by atoms with E-state index in [0.29, 0.717) is 17.3 Å². The molecule has 0 radical (unpaired) electrons. The molecule has 1 heterocycles. The zero-order chi connectivity index (χ0) is 17.0. The molecule has 1 aromatic heterocycles. The van der Waals surface area contributed by atoms with Crippen LogP contribution in [-0.4, -0.2) is 41.2 Å². The van der Waals surface area contributed by atoms with Crippen molar-refractivity contribution in [2.24, 2.45) is 0 Å². The average Bonchev–Trinajstić information content (AvgIpc) is 2.45. The second kappa shape index (κ2) is 7.83. The van der Waals surface area contributed by atoms with Crippen molar-refractivity contribution in [2.45, 2.75) is 38.3 Å². The minimum absolute atomic E-state index is 0.0288. The number of alkyl halides is 2. The first-order valence-electron chi connectivity index (χ1n) is 7.17. The third-order valence-corrected chi connectivity index (χ3v) is 3.85. The van der Waals surface area contributed by atoms with Gasteiger partial charge in [0.1, 0.15) is 5.82 Å². The molecule has 1 fully saturated rings. The lowest BCUT2D eigenvalue weighted by atomic mass is 9.89. The number of aliphatic hydroxyl groups excluding tert-OH is 1. The normalized spacial score (nSPS) is 21.0. The Hall–Kier alpha value is -1.54. The maximum absolute atomic E-state index is 13.4. The van der Waals surface area contributed by atoms with Crippen LogP contribution in [0.2, 0.25) is 0 Å². The Bertz CT molecular complexity index is 604. The Labute approximate surface area is 140 Å². The van der Waals surface area contributed by atoms with Gasteiger partial charge < -0.3 is 15.2 Å². The molecule has 8 heteroatoms. The molecule has 1 saturated carbocycles. The highest BCUT2D eigenvalue weighted by atomic mass is 79.9. The van der Waals surface area contributed by atoms with E-state index in [4.69, 9.17) is 4.74 Å². The third-order valence-electron chi connectivity index (χ3n) is 3.41. The van der Waals surface area contributed by atoms with Crippen molar-refractivity contribution in [1.29, 1.82) is 0 Å². The van der Waals surface area contributed by atoms with Crippen LogP contribution in [0.3, 0.4) is 0 Å². The average molecular weight is 391 g/mol. The van der Waals surface area contributed by atoms with E-state index in [0.717, 1.165) is 6.08 Å². The van der Waals surface area contributed by atoms with Crippen LogP contribution in [0.1, 0.15) is 25.3 Å². The first-order chi connectivity index (χ1) is 10.9. The largest absolute Gasteiger partial charge is 0.463 e. The van der Waals surface area contributed by atoms with Crippen molar-refractivity contribution in [3.05, 3.63) is 28.4 Å². The minimum Gasteiger partial charge on any atom is -0.463 e. The molecule has 0 bridgehead atoms. The van der Waals surface area contributed by atoms with Crippen molar-refractivity contribution < 1.29 is 23.4 Å². The summed E-state index contributed by atoms with van der Waals surface area (Å²) in [6, 6.07) is 1.45. The van der Waals surface area contributed by atoms with Crippen LogP contribution in [-0.2, 0) is 9.53 Å². The maximum Gasteiger partial charge on any atom is 0.331 e. The number of carbonyl (C=O) groups is 1. The number of ether oxygens (including phenoxy) is 1. The number of pyridine rings is 1. The van der Waals surface area contributed by atoms with E-state index in [2.05, 4.69) is 26.2 Å². The molecular weight excluding hydrogens is 374 g/mol. The Morgan fingerprint density at radius 2 is 2.30 bits per heavy atom. The van der Waals surface area contributed by atoms with Crippen LogP contribution < -0.4 is 5.32 Å². The molecule has 5 nitrogen and oxygen atoms in total. The lowest BCUT2D eigenvalue weighted by Crippen LogP contribution is -2.39. The number of nitrogens with zero attached hydrogens (tertiary/aromatic N) is 1. The highest BCUT2D eigenvalue weighted by Gasteiger charge is 2.29. The van der Waals surface area contributed by atoms with Gasteiger partial charge in [-0.1, -0.05) is 0 Å². The predicted octanol–water partition coefficient (Wildman–Crippen LogP) is 2.99. The van der Waals surface area contributed by atoms with E-state index < -0.39 is 18.0 Å². The van der Waals surface area contributed by atoms with Crippen molar-refractivity contribution in [1.82, 2.24) is 4.98 Å². The molecule has 0 unspecified atom stereocenters. The molecule has 0 aliphatic heterocycles. The van der Waals surface area contributed by atoms with Gasteiger partial charge in [-0.15, -0.1) is 0 Å². The molecule has 23 heavy (non-hydrogen) atoms. The van der Waals surface area contributed by atoms with Gasteiger partial charge in [-0.3, -0.25) is 0 Å². The molecule has 1 aromatic rings. The number of aromatic nitrogens is 1. The van der Waals surface area contributed by atoms with Crippen molar-refractivity contribution in [2.75, 3.05) is 11.9 Å². The summed E-state index contributed by atoms with van der Waals surface area (Å²) in [4.78, 5) is 15.7. The second-order valence-electron chi connectivity index (χ2n) is 5.17. The van der Waals surface area contributed by atoms with Gasteiger partial charge in [0.05, 0.1) is 12.7 Å². The third kappa shape index (κ3) is 4.71. The molecule has 126 valence electrons. The first-order valence-corrected chi connectivity index (χ1v) is 7.97. The molecule has 1 aliphatic rings. The summed E-state index contributed by atoms with van der Waals surface area (Å²) in [5, 5.41) is 12.4. The van der Waals surface area contributed by atoms with Crippen LogP contribution >= 0.6 is 15.9 Å². The highest BCUT2D eigenvalue weighted by Crippen LogP contribution is 2.32. The second-order valence-corrected chi connectivity index (χ2v) is 6.08. The fourth-order valence-corrected chi connectivity index (χ4v) is 2.57. The molecule has 0 atom stereocenters. The standard InChI is InChI=1S/C15H17BrF2N2O3/c1-2-23-13(22)6-11(14(17)18)12-3-8(16)7-19-15(12)20-9-4-10(21)5-9/h3,6-7,9-10,14,21H,2,4-5H2,1H3,(H,19,20). The van der Waals surface area contributed by atoms with Crippen LogP contribution in [0.5, 0.6) is 0 Å². The molecule has 0 saturated heterocycles. The summed E-state index contributed by atoms with van der Waals surface area (Å²) in [5.41, 5.74) is -0.330. The van der Waals surface area contributed by atoms with E-state index in [9.17, 15) is 18.7 Å². The summed E-state index contributed by atoms with van der Waals surface area (Å²) in [7, 11) is 0. The van der Waals surface area contributed by atoms with Crippen LogP contribution in [0, 0.1) is 0 Å². The number of aliphatic hydroxyl groups is 1. The van der Waals surface area contributed by atoms with Gasteiger partial charge in [0.25, 0.3) is 6.43 Å². The molecular formula is C15H17BrF2N2O3. The quantitative estimate of drug-likeness (QED) is 0.577. The van der Waals surface area contributed by atoms with Gasteiger partial charge in [-0.05, 0) is 41.8 Å². The number of nitrogens with one attached hydrogen (secondary N) is 1. The summed E-state index contributed by atoms with van der Waals surface area (Å²) in [5.74, 6) is -0.575. The van der Waals surface area contributed by atoms with Gasteiger partial charge in [-0.2, -0.15) is 0 Å². The lowest BCUT2D eigenvalue weighted by Gasteiger charge is -2.33. The number of rotatable bonds is 6. The van der Waals surface area contributed by atoms with Crippen molar-refractivity contribution in [3.63, 3.8) is 0 Å². The molecule has 2 rings (SSSR count).